The van der Waals surface area contributed by atoms with E-state index in [-0.39, 0.29) is 17.8 Å². The van der Waals surface area contributed by atoms with Gasteiger partial charge < -0.3 is 16.3 Å². The number of carbonyl (C=O) groups is 1. The number of hydrogen-bond donors (Lipinski definition) is 3. The molecule has 4 N–H and O–H groups in total. The highest BCUT2D eigenvalue weighted by atomic mass is 16.4. The van der Waals surface area contributed by atoms with Crippen LogP contribution in [0.4, 0.5) is 0 Å². The van der Waals surface area contributed by atoms with Gasteiger partial charge in [0.1, 0.15) is 5.41 Å². The maximum atomic E-state index is 12.4. The number of amides is 1. The van der Waals surface area contributed by atoms with Crippen molar-refractivity contribution in [2.45, 2.75) is 52.0 Å². The molecule has 2 aliphatic rings. The molecule has 2 aliphatic carbocycles. The first-order valence-electron chi connectivity index (χ1n) is 6.80. The van der Waals surface area contributed by atoms with Gasteiger partial charge in [-0.05, 0) is 37.5 Å². The summed E-state index contributed by atoms with van der Waals surface area (Å²) in [6, 6.07) is 0.233. The Kier molecular flexibility index (Phi) is 3.50. The van der Waals surface area contributed by atoms with E-state index >= 15 is 0 Å². The molecule has 102 valence electrons. The average molecular weight is 253 g/mol. The minimum absolute atomic E-state index is 0.0601. The summed E-state index contributed by atoms with van der Waals surface area (Å²) in [7, 11) is 0. The van der Waals surface area contributed by atoms with Crippen LogP contribution in [0.5, 0.6) is 0 Å². The van der Waals surface area contributed by atoms with Crippen molar-refractivity contribution in [2.24, 2.45) is 28.1 Å². The van der Waals surface area contributed by atoms with E-state index in [2.05, 4.69) is 24.3 Å². The number of nitrogens with two attached hydrogens (primary N) is 1. The Morgan fingerprint density at radius 3 is 2.44 bits per heavy atom. The van der Waals surface area contributed by atoms with Crippen LogP contribution in [0.1, 0.15) is 46.0 Å². The number of nitrogens with one attached hydrogen (secondary N) is 1. The van der Waals surface area contributed by atoms with Crippen molar-refractivity contribution in [3.05, 3.63) is 0 Å². The third-order valence-electron chi connectivity index (χ3n) is 5.02. The molecule has 2 fully saturated rings. The van der Waals surface area contributed by atoms with E-state index in [0.717, 1.165) is 19.3 Å². The van der Waals surface area contributed by atoms with Crippen molar-refractivity contribution < 1.29 is 10.0 Å². The first-order chi connectivity index (χ1) is 8.51. The molecule has 0 radical (unpaired) electrons. The maximum Gasteiger partial charge on any atom is 0.234 e. The minimum Gasteiger partial charge on any atom is -0.409 e. The molecule has 0 aromatic rings. The molecular formula is C13H23N3O2. The van der Waals surface area contributed by atoms with Gasteiger partial charge in [-0.3, -0.25) is 4.79 Å². The number of carbonyl (C=O) groups excluding carboxylic acids is 1. The van der Waals surface area contributed by atoms with Crippen LogP contribution < -0.4 is 11.1 Å². The lowest BCUT2D eigenvalue weighted by Crippen LogP contribution is -2.56. The number of hydrogen-bond acceptors (Lipinski definition) is 3. The molecule has 0 spiro atoms. The molecule has 0 saturated heterocycles. The van der Waals surface area contributed by atoms with Crippen molar-refractivity contribution in [3.63, 3.8) is 0 Å². The molecule has 2 saturated carbocycles. The Morgan fingerprint density at radius 2 is 2.06 bits per heavy atom. The fraction of sp³-hybridized carbons (Fsp3) is 0.846. The minimum atomic E-state index is -0.750. The molecule has 3 unspecified atom stereocenters. The van der Waals surface area contributed by atoms with Gasteiger partial charge in [0.05, 0.1) is 0 Å². The largest absolute Gasteiger partial charge is 0.409 e. The SMILES string of the molecule is CC1CCC(NC(=O)C2(C(N)=NO)CCC2)C1C. The number of nitrogens with zero attached hydrogens (tertiary/aromatic N) is 1. The lowest BCUT2D eigenvalue weighted by Gasteiger charge is -2.39. The Balaban J connectivity index is 2.03. The van der Waals surface area contributed by atoms with Crippen molar-refractivity contribution in [2.75, 3.05) is 0 Å². The van der Waals surface area contributed by atoms with Crippen molar-refractivity contribution >= 4 is 11.7 Å². The predicted molar refractivity (Wildman–Crippen MR) is 69.2 cm³/mol. The van der Waals surface area contributed by atoms with Crippen LogP contribution in [0.2, 0.25) is 0 Å². The Bertz CT molecular complexity index is 363. The van der Waals surface area contributed by atoms with Crippen LogP contribution in [0.3, 0.4) is 0 Å². The van der Waals surface area contributed by atoms with Crippen LogP contribution in [0.15, 0.2) is 5.16 Å². The van der Waals surface area contributed by atoms with Gasteiger partial charge in [-0.15, -0.1) is 0 Å². The maximum absolute atomic E-state index is 12.4. The zero-order valence-corrected chi connectivity index (χ0v) is 11.1. The summed E-state index contributed by atoms with van der Waals surface area (Å²) in [4.78, 5) is 12.4. The third kappa shape index (κ3) is 1.95. The van der Waals surface area contributed by atoms with Gasteiger partial charge >= 0.3 is 0 Å². The van der Waals surface area contributed by atoms with Crippen LogP contribution in [-0.4, -0.2) is 23.0 Å². The smallest absolute Gasteiger partial charge is 0.234 e. The number of rotatable bonds is 3. The van der Waals surface area contributed by atoms with E-state index < -0.39 is 5.41 Å². The quantitative estimate of drug-likeness (QED) is 0.308. The van der Waals surface area contributed by atoms with Crippen molar-refractivity contribution in [1.29, 1.82) is 0 Å². The van der Waals surface area contributed by atoms with Gasteiger partial charge in [0.25, 0.3) is 0 Å². The van der Waals surface area contributed by atoms with Gasteiger partial charge in [0.15, 0.2) is 5.84 Å². The van der Waals surface area contributed by atoms with Crippen LogP contribution in [0, 0.1) is 17.3 Å². The monoisotopic (exact) mass is 253 g/mol. The van der Waals surface area contributed by atoms with Crippen LogP contribution in [-0.2, 0) is 4.79 Å². The molecule has 1 amide bonds. The van der Waals surface area contributed by atoms with E-state index in [4.69, 9.17) is 10.9 Å². The van der Waals surface area contributed by atoms with Crippen LogP contribution >= 0.6 is 0 Å². The summed E-state index contributed by atoms with van der Waals surface area (Å²) < 4.78 is 0. The first kappa shape index (κ1) is 13.2. The molecule has 0 aromatic carbocycles. The molecule has 0 aromatic heterocycles. The fourth-order valence-electron chi connectivity index (χ4n) is 3.10. The van der Waals surface area contributed by atoms with Gasteiger partial charge in [-0.1, -0.05) is 25.4 Å². The molecule has 5 heteroatoms. The van der Waals surface area contributed by atoms with Gasteiger partial charge in [-0.2, -0.15) is 0 Å². The van der Waals surface area contributed by atoms with E-state index in [0.29, 0.717) is 24.7 Å². The topological polar surface area (TPSA) is 87.7 Å². The predicted octanol–water partition coefficient (Wildman–Crippen LogP) is 1.45. The van der Waals surface area contributed by atoms with E-state index in [1.807, 2.05) is 0 Å². The van der Waals surface area contributed by atoms with Crippen molar-refractivity contribution in [3.8, 4) is 0 Å². The summed E-state index contributed by atoms with van der Waals surface area (Å²) in [6.07, 6.45) is 4.51. The highest BCUT2D eigenvalue weighted by molar-refractivity contribution is 6.07. The van der Waals surface area contributed by atoms with E-state index in [1.165, 1.54) is 0 Å². The molecule has 0 aliphatic heterocycles. The molecule has 0 heterocycles. The lowest BCUT2D eigenvalue weighted by molar-refractivity contribution is -0.132. The Hall–Kier alpha value is -1.26. The zero-order valence-electron chi connectivity index (χ0n) is 11.1. The second-order valence-corrected chi connectivity index (χ2v) is 5.91. The van der Waals surface area contributed by atoms with E-state index in [9.17, 15) is 4.79 Å². The first-order valence-corrected chi connectivity index (χ1v) is 6.80. The standard InChI is InChI=1S/C13H23N3O2/c1-8-4-5-10(9(8)2)15-12(17)13(6-3-7-13)11(14)16-18/h8-10,18H,3-7H2,1-2H3,(H2,14,16)(H,15,17). The average Bonchev–Trinajstić information content (AvgIpc) is 2.59. The second-order valence-electron chi connectivity index (χ2n) is 5.91. The highest BCUT2D eigenvalue weighted by Crippen LogP contribution is 2.42. The Morgan fingerprint density at radius 1 is 1.39 bits per heavy atom. The van der Waals surface area contributed by atoms with Crippen molar-refractivity contribution in [1.82, 2.24) is 5.32 Å². The van der Waals surface area contributed by atoms with E-state index in [1.54, 1.807) is 0 Å². The number of amidine groups is 1. The summed E-state index contributed by atoms with van der Waals surface area (Å²) in [5.41, 5.74) is 4.94. The molecule has 5 nitrogen and oxygen atoms in total. The highest BCUT2D eigenvalue weighted by Gasteiger charge is 2.49. The molecule has 0 bridgehead atoms. The molecular weight excluding hydrogens is 230 g/mol. The fourth-order valence-corrected chi connectivity index (χ4v) is 3.10. The summed E-state index contributed by atoms with van der Waals surface area (Å²) in [5, 5.41) is 15.0. The molecule has 2 rings (SSSR count). The van der Waals surface area contributed by atoms with Gasteiger partial charge in [0, 0.05) is 6.04 Å². The third-order valence-corrected chi connectivity index (χ3v) is 5.02. The summed E-state index contributed by atoms with van der Waals surface area (Å²) >= 11 is 0. The molecule has 3 atom stereocenters. The Labute approximate surface area is 108 Å². The molecule has 18 heavy (non-hydrogen) atoms. The second kappa shape index (κ2) is 4.78. The number of oxime groups is 1. The zero-order chi connectivity index (χ0) is 13.3. The summed E-state index contributed by atoms with van der Waals surface area (Å²) in [5.74, 6) is 1.15. The normalized spacial score (nSPS) is 35.0. The van der Waals surface area contributed by atoms with Gasteiger partial charge in [0.2, 0.25) is 5.91 Å². The van der Waals surface area contributed by atoms with Crippen LogP contribution in [0.25, 0.3) is 0 Å². The lowest BCUT2D eigenvalue weighted by atomic mass is 9.67. The summed E-state index contributed by atoms with van der Waals surface area (Å²) in [6.45, 7) is 4.40. The van der Waals surface area contributed by atoms with Gasteiger partial charge in [-0.25, -0.2) is 0 Å².